The first-order chi connectivity index (χ1) is 8.99. The van der Waals surface area contributed by atoms with E-state index in [4.69, 9.17) is 34.8 Å². The first kappa shape index (κ1) is 15.7. The van der Waals surface area contributed by atoms with Crippen LogP contribution in [-0.4, -0.2) is 0 Å². The van der Waals surface area contributed by atoms with Crippen LogP contribution in [0.2, 0.25) is 15.1 Å². The number of hydrogen-bond acceptors (Lipinski definition) is 0. The molecule has 0 aliphatic heterocycles. The third-order valence-corrected chi connectivity index (χ3v) is 5.58. The molecule has 0 radical (unpaired) electrons. The largest absolute Gasteiger partial charge is 0.0835 e. The molecule has 0 N–H and O–H groups in total. The fourth-order valence-corrected chi connectivity index (χ4v) is 3.59. The Morgan fingerprint density at radius 3 is 2.42 bits per heavy atom. The second kappa shape index (κ2) is 6.82. The third kappa shape index (κ3) is 3.89. The van der Waals surface area contributed by atoms with E-state index < -0.39 is 0 Å². The number of benzene rings is 2. The molecule has 0 fully saturated rings. The lowest BCUT2D eigenvalue weighted by Gasteiger charge is -2.13. The standard InChI is InChI=1S/C14H9Br2Cl3/c15-10-3-1-2-9(14(10)19)11(16)6-8-4-5-12(17)13(18)7-8/h1-5,7,11H,6H2. The van der Waals surface area contributed by atoms with E-state index in [1.54, 1.807) is 0 Å². The average molecular weight is 443 g/mol. The van der Waals surface area contributed by atoms with E-state index in [0.717, 1.165) is 27.0 Å². The molecule has 0 nitrogen and oxygen atoms in total. The number of hydrogen-bond donors (Lipinski definition) is 0. The van der Waals surface area contributed by atoms with Crippen molar-refractivity contribution in [3.63, 3.8) is 0 Å². The van der Waals surface area contributed by atoms with Gasteiger partial charge in [-0.05, 0) is 51.7 Å². The summed E-state index contributed by atoms with van der Waals surface area (Å²) in [6.45, 7) is 0. The van der Waals surface area contributed by atoms with Gasteiger partial charge in [-0.15, -0.1) is 0 Å². The lowest BCUT2D eigenvalue weighted by atomic mass is 10.0. The van der Waals surface area contributed by atoms with Crippen LogP contribution in [0, 0.1) is 0 Å². The molecule has 1 atom stereocenters. The number of rotatable bonds is 3. The fourth-order valence-electron chi connectivity index (χ4n) is 1.75. The van der Waals surface area contributed by atoms with Gasteiger partial charge >= 0.3 is 0 Å². The van der Waals surface area contributed by atoms with Gasteiger partial charge in [-0.1, -0.05) is 68.9 Å². The van der Waals surface area contributed by atoms with Gasteiger partial charge in [0.05, 0.1) is 15.1 Å². The smallest absolute Gasteiger partial charge is 0.0595 e. The van der Waals surface area contributed by atoms with Gasteiger partial charge in [0, 0.05) is 9.30 Å². The Kier molecular flexibility index (Phi) is 5.62. The van der Waals surface area contributed by atoms with Gasteiger partial charge in [0.2, 0.25) is 0 Å². The van der Waals surface area contributed by atoms with Gasteiger partial charge in [0.25, 0.3) is 0 Å². The zero-order valence-electron chi connectivity index (χ0n) is 9.64. The summed E-state index contributed by atoms with van der Waals surface area (Å²) in [4.78, 5) is 0.120. The summed E-state index contributed by atoms with van der Waals surface area (Å²) in [5.41, 5.74) is 2.15. The summed E-state index contributed by atoms with van der Waals surface area (Å²) in [6.07, 6.45) is 0.785. The molecule has 2 aromatic carbocycles. The van der Waals surface area contributed by atoms with E-state index in [2.05, 4.69) is 31.9 Å². The molecule has 0 amide bonds. The second-order valence-electron chi connectivity index (χ2n) is 4.06. The molecule has 0 saturated heterocycles. The van der Waals surface area contributed by atoms with Crippen LogP contribution in [0.5, 0.6) is 0 Å². The molecule has 0 saturated carbocycles. The predicted octanol–water partition coefficient (Wildman–Crippen LogP) is 7.09. The third-order valence-electron chi connectivity index (χ3n) is 2.72. The topological polar surface area (TPSA) is 0 Å². The van der Waals surface area contributed by atoms with E-state index >= 15 is 0 Å². The maximum absolute atomic E-state index is 6.29. The summed E-state index contributed by atoms with van der Waals surface area (Å²) in [5, 5.41) is 1.86. The molecule has 0 spiro atoms. The molecule has 0 aliphatic rings. The first-order valence-corrected chi connectivity index (χ1v) is 8.35. The SMILES string of the molecule is Clc1ccc(CC(Br)c2cccc(Br)c2Cl)cc1Cl. The Bertz CT molecular complexity index is 599. The highest BCUT2D eigenvalue weighted by Crippen LogP contribution is 2.36. The van der Waals surface area contributed by atoms with Crippen molar-refractivity contribution in [3.8, 4) is 0 Å². The minimum Gasteiger partial charge on any atom is -0.0835 e. The Hall–Kier alpha value is 0.270. The minimum atomic E-state index is 0.120. The van der Waals surface area contributed by atoms with Gasteiger partial charge in [0.1, 0.15) is 0 Å². The zero-order chi connectivity index (χ0) is 14.0. The van der Waals surface area contributed by atoms with Crippen LogP contribution in [0.1, 0.15) is 16.0 Å². The Balaban J connectivity index is 2.23. The molecule has 0 heterocycles. The van der Waals surface area contributed by atoms with Gasteiger partial charge < -0.3 is 0 Å². The number of alkyl halides is 1. The molecule has 100 valence electrons. The maximum Gasteiger partial charge on any atom is 0.0595 e. The maximum atomic E-state index is 6.29. The molecule has 2 rings (SSSR count). The van der Waals surface area contributed by atoms with Crippen LogP contribution in [0.15, 0.2) is 40.9 Å². The molecule has 0 bridgehead atoms. The zero-order valence-corrected chi connectivity index (χ0v) is 15.1. The van der Waals surface area contributed by atoms with Crippen LogP contribution in [0.4, 0.5) is 0 Å². The van der Waals surface area contributed by atoms with Crippen molar-refractivity contribution >= 4 is 66.7 Å². The fraction of sp³-hybridized carbons (Fsp3) is 0.143. The van der Waals surface area contributed by atoms with Crippen molar-refractivity contribution in [3.05, 3.63) is 67.1 Å². The Morgan fingerprint density at radius 2 is 1.74 bits per heavy atom. The van der Waals surface area contributed by atoms with E-state index in [1.165, 1.54) is 0 Å². The second-order valence-corrected chi connectivity index (χ2v) is 7.22. The van der Waals surface area contributed by atoms with Gasteiger partial charge in [0.15, 0.2) is 0 Å². The van der Waals surface area contributed by atoms with E-state index in [9.17, 15) is 0 Å². The number of halogens is 5. The van der Waals surface area contributed by atoms with Crippen molar-refractivity contribution < 1.29 is 0 Å². The molecule has 2 aromatic rings. The monoisotopic (exact) mass is 440 g/mol. The predicted molar refractivity (Wildman–Crippen MR) is 91.0 cm³/mol. The van der Waals surface area contributed by atoms with Crippen LogP contribution in [0.25, 0.3) is 0 Å². The van der Waals surface area contributed by atoms with Crippen molar-refractivity contribution in [1.82, 2.24) is 0 Å². The highest BCUT2D eigenvalue weighted by molar-refractivity contribution is 9.10. The van der Waals surface area contributed by atoms with E-state index in [-0.39, 0.29) is 4.83 Å². The van der Waals surface area contributed by atoms with Crippen LogP contribution in [0.3, 0.4) is 0 Å². The molecule has 1 unspecified atom stereocenters. The summed E-state index contributed by atoms with van der Waals surface area (Å²) in [7, 11) is 0. The van der Waals surface area contributed by atoms with Gasteiger partial charge in [-0.3, -0.25) is 0 Å². The lowest BCUT2D eigenvalue weighted by molar-refractivity contribution is 0.948. The summed E-state index contributed by atoms with van der Waals surface area (Å²) < 4.78 is 0.894. The molecular weight excluding hydrogens is 434 g/mol. The molecular formula is C14H9Br2Cl3. The van der Waals surface area contributed by atoms with E-state index in [0.29, 0.717) is 10.0 Å². The van der Waals surface area contributed by atoms with Crippen LogP contribution in [-0.2, 0) is 6.42 Å². The normalized spacial score (nSPS) is 12.5. The first-order valence-electron chi connectivity index (χ1n) is 5.51. The summed E-state index contributed by atoms with van der Waals surface area (Å²) in [5.74, 6) is 0. The summed E-state index contributed by atoms with van der Waals surface area (Å²) >= 11 is 25.3. The summed E-state index contributed by atoms with van der Waals surface area (Å²) in [6, 6.07) is 11.5. The van der Waals surface area contributed by atoms with E-state index in [1.807, 2.05) is 36.4 Å². The molecule has 0 aliphatic carbocycles. The molecule has 0 aromatic heterocycles. The Labute approximate surface area is 144 Å². The average Bonchev–Trinajstić information content (AvgIpc) is 2.37. The van der Waals surface area contributed by atoms with Crippen molar-refractivity contribution in [2.24, 2.45) is 0 Å². The van der Waals surface area contributed by atoms with Crippen molar-refractivity contribution in [2.45, 2.75) is 11.2 Å². The highest BCUT2D eigenvalue weighted by Gasteiger charge is 2.14. The minimum absolute atomic E-state index is 0.120. The molecule has 19 heavy (non-hydrogen) atoms. The van der Waals surface area contributed by atoms with Crippen molar-refractivity contribution in [2.75, 3.05) is 0 Å². The van der Waals surface area contributed by atoms with Crippen molar-refractivity contribution in [1.29, 1.82) is 0 Å². The lowest BCUT2D eigenvalue weighted by Crippen LogP contribution is -1.97. The van der Waals surface area contributed by atoms with Crippen LogP contribution < -0.4 is 0 Å². The Morgan fingerprint density at radius 1 is 1.00 bits per heavy atom. The molecule has 5 heteroatoms. The van der Waals surface area contributed by atoms with Gasteiger partial charge in [-0.2, -0.15) is 0 Å². The van der Waals surface area contributed by atoms with Gasteiger partial charge in [-0.25, -0.2) is 0 Å². The highest BCUT2D eigenvalue weighted by atomic mass is 79.9. The van der Waals surface area contributed by atoms with Crippen LogP contribution >= 0.6 is 66.7 Å². The quantitative estimate of drug-likeness (QED) is 0.445.